The van der Waals surface area contributed by atoms with Crippen LogP contribution in [-0.2, 0) is 0 Å². The number of rotatable bonds is 5. The Morgan fingerprint density at radius 3 is 2.48 bits per heavy atom. The SMILES string of the molecule is COc1ccc(-n2cc(C(=O)Nc3cc(-c4ccccc4)ccc3N)nn2)cc1. The number of ether oxygens (including phenoxy) is 1. The average molecular weight is 385 g/mol. The third-order valence-electron chi connectivity index (χ3n) is 4.47. The molecule has 0 radical (unpaired) electrons. The van der Waals surface area contributed by atoms with Crippen LogP contribution in [0.1, 0.15) is 10.5 Å². The molecule has 1 amide bonds. The van der Waals surface area contributed by atoms with E-state index in [1.54, 1.807) is 19.4 Å². The van der Waals surface area contributed by atoms with E-state index in [2.05, 4.69) is 15.6 Å². The number of nitrogens with one attached hydrogen (secondary N) is 1. The zero-order valence-electron chi connectivity index (χ0n) is 15.7. The number of nitrogen functional groups attached to an aromatic ring is 1. The highest BCUT2D eigenvalue weighted by Gasteiger charge is 2.14. The number of aromatic nitrogens is 3. The van der Waals surface area contributed by atoms with Crippen LogP contribution in [-0.4, -0.2) is 28.0 Å². The molecule has 0 fully saturated rings. The molecule has 144 valence electrons. The number of amides is 1. The van der Waals surface area contributed by atoms with Crippen LogP contribution in [0.15, 0.2) is 79.0 Å². The van der Waals surface area contributed by atoms with Gasteiger partial charge in [-0.1, -0.05) is 41.6 Å². The average Bonchev–Trinajstić information content (AvgIpc) is 3.26. The Hall–Kier alpha value is -4.13. The zero-order chi connectivity index (χ0) is 20.2. The summed E-state index contributed by atoms with van der Waals surface area (Å²) in [7, 11) is 1.60. The number of carbonyl (C=O) groups is 1. The van der Waals surface area contributed by atoms with Gasteiger partial charge in [-0.15, -0.1) is 5.10 Å². The third-order valence-corrected chi connectivity index (χ3v) is 4.47. The normalized spacial score (nSPS) is 10.5. The predicted octanol–water partition coefficient (Wildman–Crippen LogP) is 3.78. The van der Waals surface area contributed by atoms with Crippen molar-refractivity contribution in [2.24, 2.45) is 0 Å². The maximum Gasteiger partial charge on any atom is 0.277 e. The molecule has 0 atom stereocenters. The highest BCUT2D eigenvalue weighted by Crippen LogP contribution is 2.27. The second kappa shape index (κ2) is 7.85. The first-order valence-electron chi connectivity index (χ1n) is 8.97. The summed E-state index contributed by atoms with van der Waals surface area (Å²) >= 11 is 0. The van der Waals surface area contributed by atoms with Gasteiger partial charge in [0.15, 0.2) is 5.69 Å². The van der Waals surface area contributed by atoms with Gasteiger partial charge in [0.25, 0.3) is 5.91 Å². The fourth-order valence-electron chi connectivity index (χ4n) is 2.89. The van der Waals surface area contributed by atoms with E-state index in [0.717, 1.165) is 22.6 Å². The van der Waals surface area contributed by atoms with Gasteiger partial charge in [0.05, 0.1) is 30.4 Å². The van der Waals surface area contributed by atoms with Crippen LogP contribution >= 0.6 is 0 Å². The Bertz CT molecular complexity index is 1140. The molecule has 29 heavy (non-hydrogen) atoms. The molecule has 0 saturated carbocycles. The van der Waals surface area contributed by atoms with Gasteiger partial charge in [-0.2, -0.15) is 0 Å². The first kappa shape index (κ1) is 18.2. The fourth-order valence-corrected chi connectivity index (χ4v) is 2.89. The molecule has 1 heterocycles. The molecule has 0 bridgehead atoms. The second-order valence-corrected chi connectivity index (χ2v) is 6.37. The van der Waals surface area contributed by atoms with E-state index < -0.39 is 0 Å². The molecule has 0 saturated heterocycles. The number of methoxy groups -OCH3 is 1. The molecule has 7 heteroatoms. The molecule has 3 aromatic carbocycles. The number of hydrogen-bond donors (Lipinski definition) is 2. The summed E-state index contributed by atoms with van der Waals surface area (Å²) in [5.41, 5.74) is 9.99. The minimum Gasteiger partial charge on any atom is -0.497 e. The van der Waals surface area contributed by atoms with Gasteiger partial charge >= 0.3 is 0 Å². The molecule has 0 aliphatic carbocycles. The number of nitrogens with two attached hydrogens (primary N) is 1. The lowest BCUT2D eigenvalue weighted by Crippen LogP contribution is -2.13. The molecular weight excluding hydrogens is 366 g/mol. The molecule has 4 rings (SSSR count). The number of nitrogens with zero attached hydrogens (tertiary/aromatic N) is 3. The lowest BCUT2D eigenvalue weighted by atomic mass is 10.0. The summed E-state index contributed by atoms with van der Waals surface area (Å²) in [6.45, 7) is 0. The molecule has 0 unspecified atom stereocenters. The Balaban J connectivity index is 1.54. The Morgan fingerprint density at radius 2 is 1.76 bits per heavy atom. The minimum absolute atomic E-state index is 0.185. The van der Waals surface area contributed by atoms with Gasteiger partial charge in [0, 0.05) is 0 Å². The monoisotopic (exact) mass is 385 g/mol. The topological polar surface area (TPSA) is 95.1 Å². The minimum atomic E-state index is -0.387. The van der Waals surface area contributed by atoms with Crippen molar-refractivity contribution in [3.63, 3.8) is 0 Å². The molecule has 0 aliphatic heterocycles. The van der Waals surface area contributed by atoms with Crippen molar-refractivity contribution in [2.75, 3.05) is 18.2 Å². The predicted molar refractivity (Wildman–Crippen MR) is 112 cm³/mol. The molecular formula is C22H19N5O2. The number of carbonyl (C=O) groups excluding carboxylic acids is 1. The summed E-state index contributed by atoms with van der Waals surface area (Å²) in [6, 6.07) is 22.7. The van der Waals surface area contributed by atoms with Crippen molar-refractivity contribution >= 4 is 17.3 Å². The van der Waals surface area contributed by atoms with Crippen molar-refractivity contribution in [1.82, 2.24) is 15.0 Å². The van der Waals surface area contributed by atoms with Gasteiger partial charge in [-0.25, -0.2) is 4.68 Å². The third kappa shape index (κ3) is 3.93. The summed E-state index contributed by atoms with van der Waals surface area (Å²) in [4.78, 5) is 12.7. The lowest BCUT2D eigenvalue weighted by Gasteiger charge is -2.09. The number of benzene rings is 3. The summed E-state index contributed by atoms with van der Waals surface area (Å²) in [5.74, 6) is 0.349. The highest BCUT2D eigenvalue weighted by molar-refractivity contribution is 6.04. The van der Waals surface area contributed by atoms with E-state index in [0.29, 0.717) is 11.4 Å². The standard InChI is InChI=1S/C22H19N5O2/c1-29-18-10-8-17(9-11-18)27-14-21(25-26-27)22(28)24-20-13-16(7-12-19(20)23)15-5-3-2-4-6-15/h2-14H,23H2,1H3,(H,24,28). The fraction of sp³-hybridized carbons (Fsp3) is 0.0455. The maximum absolute atomic E-state index is 12.7. The van der Waals surface area contributed by atoms with Crippen LogP contribution in [0.2, 0.25) is 0 Å². The Kier molecular flexibility index (Phi) is 4.94. The highest BCUT2D eigenvalue weighted by atomic mass is 16.5. The largest absolute Gasteiger partial charge is 0.497 e. The zero-order valence-corrected chi connectivity index (χ0v) is 15.7. The van der Waals surface area contributed by atoms with Gasteiger partial charge in [0.2, 0.25) is 0 Å². The van der Waals surface area contributed by atoms with Crippen LogP contribution in [0, 0.1) is 0 Å². The van der Waals surface area contributed by atoms with E-state index >= 15 is 0 Å². The first-order chi connectivity index (χ1) is 14.1. The van der Waals surface area contributed by atoms with Crippen LogP contribution in [0.5, 0.6) is 5.75 Å². The van der Waals surface area contributed by atoms with Gasteiger partial charge < -0.3 is 15.8 Å². The van der Waals surface area contributed by atoms with E-state index in [-0.39, 0.29) is 11.6 Å². The van der Waals surface area contributed by atoms with Crippen LogP contribution in [0.3, 0.4) is 0 Å². The van der Waals surface area contributed by atoms with Crippen molar-refractivity contribution in [3.05, 3.63) is 84.7 Å². The van der Waals surface area contributed by atoms with Crippen molar-refractivity contribution in [2.45, 2.75) is 0 Å². The van der Waals surface area contributed by atoms with Crippen LogP contribution in [0.4, 0.5) is 11.4 Å². The first-order valence-corrected chi connectivity index (χ1v) is 8.97. The van der Waals surface area contributed by atoms with Gasteiger partial charge in [-0.3, -0.25) is 4.79 Å². The maximum atomic E-state index is 12.7. The molecule has 4 aromatic rings. The van der Waals surface area contributed by atoms with Crippen molar-refractivity contribution in [1.29, 1.82) is 0 Å². The Morgan fingerprint density at radius 1 is 1.00 bits per heavy atom. The smallest absolute Gasteiger partial charge is 0.277 e. The van der Waals surface area contributed by atoms with Crippen molar-refractivity contribution < 1.29 is 9.53 Å². The second-order valence-electron chi connectivity index (χ2n) is 6.37. The summed E-state index contributed by atoms with van der Waals surface area (Å²) < 4.78 is 6.67. The molecule has 3 N–H and O–H groups in total. The van der Waals surface area contributed by atoms with Crippen LogP contribution in [0.25, 0.3) is 16.8 Å². The van der Waals surface area contributed by atoms with Crippen molar-refractivity contribution in [3.8, 4) is 22.6 Å². The summed E-state index contributed by atoms with van der Waals surface area (Å²) in [5, 5.41) is 10.8. The molecule has 7 nitrogen and oxygen atoms in total. The lowest BCUT2D eigenvalue weighted by molar-refractivity contribution is 0.102. The number of anilines is 2. The van der Waals surface area contributed by atoms with Gasteiger partial charge in [-0.05, 0) is 47.5 Å². The van der Waals surface area contributed by atoms with E-state index in [9.17, 15) is 4.79 Å². The van der Waals surface area contributed by atoms with Gasteiger partial charge in [0.1, 0.15) is 5.75 Å². The molecule has 0 aliphatic rings. The van der Waals surface area contributed by atoms with E-state index in [4.69, 9.17) is 10.5 Å². The quantitative estimate of drug-likeness (QED) is 0.510. The van der Waals surface area contributed by atoms with E-state index in [1.807, 2.05) is 66.7 Å². The number of hydrogen-bond acceptors (Lipinski definition) is 5. The van der Waals surface area contributed by atoms with E-state index in [1.165, 1.54) is 4.68 Å². The molecule has 1 aromatic heterocycles. The molecule has 0 spiro atoms. The Labute approximate surface area is 167 Å². The van der Waals surface area contributed by atoms with Crippen LogP contribution < -0.4 is 15.8 Å². The summed E-state index contributed by atoms with van der Waals surface area (Å²) in [6.07, 6.45) is 1.56.